The fourth-order valence-corrected chi connectivity index (χ4v) is 4.26. The second kappa shape index (κ2) is 6.98. The normalized spacial score (nSPS) is 24.3. The molecule has 0 spiro atoms. The maximum atomic E-state index is 11.5. The van der Waals surface area contributed by atoms with Crippen LogP contribution < -0.4 is 11.2 Å². The zero-order valence-corrected chi connectivity index (χ0v) is 14.3. The van der Waals surface area contributed by atoms with Crippen molar-refractivity contribution in [1.82, 2.24) is 19.8 Å². The minimum atomic E-state index is -0.423. The van der Waals surface area contributed by atoms with Crippen LogP contribution in [0.5, 0.6) is 0 Å². The molecule has 0 aliphatic carbocycles. The second-order valence-electron chi connectivity index (χ2n) is 7.32. The molecule has 2 aromatic rings. The van der Waals surface area contributed by atoms with E-state index >= 15 is 0 Å². The van der Waals surface area contributed by atoms with Crippen LogP contribution in [0, 0.1) is 5.92 Å². The molecule has 0 saturated carbocycles. The molecule has 3 fully saturated rings. The number of benzene rings is 1. The third kappa shape index (κ3) is 3.91. The van der Waals surface area contributed by atoms with Crippen LogP contribution in [-0.2, 0) is 13.1 Å². The number of rotatable bonds is 4. The first kappa shape index (κ1) is 16.3. The van der Waals surface area contributed by atoms with Gasteiger partial charge < -0.3 is 4.98 Å². The lowest BCUT2D eigenvalue weighted by molar-refractivity contribution is 0.121. The van der Waals surface area contributed by atoms with Crippen molar-refractivity contribution in [2.75, 3.05) is 19.6 Å². The Hall–Kier alpha value is -2.18. The molecule has 0 unspecified atom stereocenters. The van der Waals surface area contributed by atoms with E-state index in [1.54, 1.807) is 0 Å². The number of fused-ring (bicyclic) bond motifs is 4. The number of aromatic nitrogens is 2. The van der Waals surface area contributed by atoms with Crippen molar-refractivity contribution >= 4 is 0 Å². The minimum absolute atomic E-state index is 0.329. The molecule has 3 aliphatic rings. The predicted molar refractivity (Wildman–Crippen MR) is 96.3 cm³/mol. The maximum Gasteiger partial charge on any atom is 0.325 e. The van der Waals surface area contributed by atoms with Crippen LogP contribution in [0.4, 0.5) is 0 Å². The van der Waals surface area contributed by atoms with Crippen molar-refractivity contribution in [2.45, 2.75) is 32.0 Å². The lowest BCUT2D eigenvalue weighted by Gasteiger charge is -2.36. The van der Waals surface area contributed by atoms with Gasteiger partial charge in [0.05, 0.1) is 0 Å². The fraction of sp³-hybridized carbons (Fsp3) is 0.474. The first-order valence-electron chi connectivity index (χ1n) is 8.98. The zero-order valence-electron chi connectivity index (χ0n) is 14.3. The van der Waals surface area contributed by atoms with Gasteiger partial charge in [0.15, 0.2) is 0 Å². The van der Waals surface area contributed by atoms with E-state index in [9.17, 15) is 9.59 Å². The minimum Gasteiger partial charge on any atom is -0.310 e. The summed E-state index contributed by atoms with van der Waals surface area (Å²) in [7, 11) is 0. The van der Waals surface area contributed by atoms with Crippen molar-refractivity contribution in [1.29, 1.82) is 0 Å². The van der Waals surface area contributed by atoms with E-state index in [4.69, 9.17) is 0 Å². The SMILES string of the molecule is O=c1cc(CN2C[C@@H]3CC[C@H]2CN(Cc2ccccc2)C3)[nH]c(=O)[nH]1. The van der Waals surface area contributed by atoms with Crippen molar-refractivity contribution < 1.29 is 0 Å². The number of piperidine rings is 1. The quantitative estimate of drug-likeness (QED) is 0.876. The first-order valence-corrected chi connectivity index (χ1v) is 8.98. The summed E-state index contributed by atoms with van der Waals surface area (Å²) in [6, 6.07) is 12.6. The van der Waals surface area contributed by atoms with Gasteiger partial charge in [0, 0.05) is 50.5 Å². The molecule has 25 heavy (non-hydrogen) atoms. The molecule has 1 aromatic carbocycles. The van der Waals surface area contributed by atoms with Crippen LogP contribution in [0.15, 0.2) is 46.0 Å². The molecular weight excluding hydrogens is 316 g/mol. The lowest BCUT2D eigenvalue weighted by atomic mass is 9.95. The van der Waals surface area contributed by atoms with E-state index in [1.165, 1.54) is 24.5 Å². The van der Waals surface area contributed by atoms with E-state index in [2.05, 4.69) is 50.1 Å². The Morgan fingerprint density at radius 2 is 1.80 bits per heavy atom. The van der Waals surface area contributed by atoms with Crippen molar-refractivity contribution in [3.8, 4) is 0 Å². The van der Waals surface area contributed by atoms with Gasteiger partial charge >= 0.3 is 5.69 Å². The van der Waals surface area contributed by atoms with Gasteiger partial charge in [-0.25, -0.2) is 4.79 Å². The molecule has 6 nitrogen and oxygen atoms in total. The number of hydrogen-bond acceptors (Lipinski definition) is 4. The Bertz CT molecular complexity index is 801. The van der Waals surface area contributed by atoms with Gasteiger partial charge in [0.1, 0.15) is 0 Å². The average molecular weight is 340 g/mol. The van der Waals surface area contributed by atoms with E-state index < -0.39 is 5.69 Å². The number of nitrogens with one attached hydrogen (secondary N) is 2. The summed E-state index contributed by atoms with van der Waals surface area (Å²) in [4.78, 5) is 33.0. The second-order valence-corrected chi connectivity index (χ2v) is 7.32. The van der Waals surface area contributed by atoms with Crippen molar-refractivity contribution in [2.24, 2.45) is 5.92 Å². The Morgan fingerprint density at radius 3 is 2.60 bits per heavy atom. The summed E-state index contributed by atoms with van der Waals surface area (Å²) >= 11 is 0. The number of hydrogen-bond donors (Lipinski definition) is 2. The highest BCUT2D eigenvalue weighted by Crippen LogP contribution is 2.29. The van der Waals surface area contributed by atoms with Gasteiger partial charge in [-0.15, -0.1) is 0 Å². The van der Waals surface area contributed by atoms with E-state index in [1.807, 2.05) is 0 Å². The standard InChI is InChI=1S/C19H24N4O2/c24-18-8-16(20-19(25)21-18)12-23-11-15-6-7-17(23)13-22(10-15)9-14-4-2-1-3-5-14/h1-5,8,15,17H,6-7,9-13H2,(H2,20,21,24,25)/t15-,17+/m1/s1. The molecule has 5 rings (SSSR count). The Kier molecular flexibility index (Phi) is 4.55. The molecule has 3 aliphatic heterocycles. The molecule has 0 amide bonds. The highest BCUT2D eigenvalue weighted by atomic mass is 16.2. The molecule has 2 atom stereocenters. The average Bonchev–Trinajstić information content (AvgIpc) is 2.85. The molecule has 2 N–H and O–H groups in total. The Morgan fingerprint density at radius 1 is 0.960 bits per heavy atom. The van der Waals surface area contributed by atoms with Gasteiger partial charge in [-0.1, -0.05) is 30.3 Å². The monoisotopic (exact) mass is 340 g/mol. The van der Waals surface area contributed by atoms with Gasteiger partial charge in [-0.3, -0.25) is 19.6 Å². The van der Waals surface area contributed by atoms with Gasteiger partial charge in [0.25, 0.3) is 5.56 Å². The van der Waals surface area contributed by atoms with Crippen LogP contribution >= 0.6 is 0 Å². The molecule has 1 aromatic heterocycles. The highest BCUT2D eigenvalue weighted by Gasteiger charge is 2.34. The Balaban J connectivity index is 1.47. The van der Waals surface area contributed by atoms with Crippen LogP contribution in [0.2, 0.25) is 0 Å². The first-order chi connectivity index (χ1) is 12.2. The number of aromatic amines is 2. The van der Waals surface area contributed by atoms with E-state index in [-0.39, 0.29) is 5.56 Å². The third-order valence-electron chi connectivity index (χ3n) is 5.34. The van der Waals surface area contributed by atoms with Gasteiger partial charge in [-0.2, -0.15) is 0 Å². The molecule has 3 saturated heterocycles. The largest absolute Gasteiger partial charge is 0.325 e. The third-order valence-corrected chi connectivity index (χ3v) is 5.34. The van der Waals surface area contributed by atoms with Gasteiger partial charge in [0.2, 0.25) is 0 Å². The summed E-state index contributed by atoms with van der Waals surface area (Å²) in [6.07, 6.45) is 2.45. The van der Waals surface area contributed by atoms with E-state index in [0.717, 1.165) is 26.2 Å². The smallest absolute Gasteiger partial charge is 0.310 e. The summed E-state index contributed by atoms with van der Waals surface area (Å²) in [5.41, 5.74) is 1.31. The van der Waals surface area contributed by atoms with Crippen LogP contribution in [-0.4, -0.2) is 45.4 Å². The topological polar surface area (TPSA) is 72.2 Å². The highest BCUT2D eigenvalue weighted by molar-refractivity contribution is 5.14. The molecule has 6 heteroatoms. The van der Waals surface area contributed by atoms with Crippen molar-refractivity contribution in [3.63, 3.8) is 0 Å². The number of nitrogens with zero attached hydrogens (tertiary/aromatic N) is 2. The molecule has 4 heterocycles. The summed E-state index contributed by atoms with van der Waals surface area (Å²) in [6.45, 7) is 4.82. The predicted octanol–water partition coefficient (Wildman–Crippen LogP) is 1.16. The lowest BCUT2D eigenvalue weighted by Crippen LogP contribution is -2.44. The summed E-state index contributed by atoms with van der Waals surface area (Å²) in [5, 5.41) is 0. The molecular formula is C19H24N4O2. The van der Waals surface area contributed by atoms with Gasteiger partial charge in [-0.05, 0) is 24.3 Å². The molecule has 0 radical (unpaired) electrons. The fourth-order valence-electron chi connectivity index (χ4n) is 4.26. The Labute approximate surface area is 146 Å². The summed E-state index contributed by atoms with van der Waals surface area (Å²) in [5.74, 6) is 0.649. The zero-order chi connectivity index (χ0) is 17.2. The molecule has 132 valence electrons. The summed E-state index contributed by atoms with van der Waals surface area (Å²) < 4.78 is 0. The van der Waals surface area contributed by atoms with Crippen LogP contribution in [0.1, 0.15) is 24.1 Å². The van der Waals surface area contributed by atoms with Crippen LogP contribution in [0.25, 0.3) is 0 Å². The number of H-pyrrole nitrogens is 2. The maximum absolute atomic E-state index is 11.5. The van der Waals surface area contributed by atoms with Crippen molar-refractivity contribution in [3.05, 3.63) is 68.5 Å². The van der Waals surface area contributed by atoms with Crippen LogP contribution in [0.3, 0.4) is 0 Å². The van der Waals surface area contributed by atoms with E-state index in [0.29, 0.717) is 24.2 Å². The molecule has 2 bridgehead atoms.